The molecule has 80 valence electrons. The number of fused-ring (bicyclic) bond motifs is 2. The van der Waals surface area contributed by atoms with Gasteiger partial charge in [0.1, 0.15) is 0 Å². The first-order valence-electron chi connectivity index (χ1n) is 5.45. The second kappa shape index (κ2) is 3.45. The minimum atomic E-state index is 0.454. The highest BCUT2D eigenvalue weighted by Gasteiger charge is 2.45. The molecule has 2 aliphatic rings. The van der Waals surface area contributed by atoms with Gasteiger partial charge in [-0.15, -0.1) is 0 Å². The normalized spacial score (nSPS) is 33.7. The summed E-state index contributed by atoms with van der Waals surface area (Å²) in [6.45, 7) is 1.05. The minimum Gasteiger partial charge on any atom is -0.381 e. The van der Waals surface area contributed by atoms with Crippen molar-refractivity contribution in [2.45, 2.75) is 25.0 Å². The van der Waals surface area contributed by atoms with Crippen molar-refractivity contribution < 1.29 is 4.74 Å². The van der Waals surface area contributed by atoms with Crippen molar-refractivity contribution in [1.82, 2.24) is 9.97 Å². The van der Waals surface area contributed by atoms with E-state index in [2.05, 4.69) is 14.9 Å². The molecule has 0 radical (unpaired) electrons. The molecule has 0 amide bonds. The highest BCUT2D eigenvalue weighted by atomic mass is 16.5. The Balaban J connectivity index is 1.78. The zero-order valence-corrected chi connectivity index (χ0v) is 8.84. The fourth-order valence-electron chi connectivity index (χ4n) is 2.88. The Labute approximate surface area is 89.3 Å². The summed E-state index contributed by atoms with van der Waals surface area (Å²) >= 11 is 0. The number of rotatable bonds is 2. The molecule has 0 aromatic carbocycles. The summed E-state index contributed by atoms with van der Waals surface area (Å²) in [4.78, 5) is 10.9. The van der Waals surface area contributed by atoms with E-state index in [1.54, 1.807) is 0 Å². The summed E-state index contributed by atoms with van der Waals surface area (Å²) in [6.07, 6.45) is 6.43. The Hall–Kier alpha value is -1.16. The average Bonchev–Trinajstić information content (AvgIpc) is 2.89. The van der Waals surface area contributed by atoms with E-state index in [0.29, 0.717) is 18.1 Å². The smallest absolute Gasteiger partial charge is 0.225 e. The van der Waals surface area contributed by atoms with E-state index < -0.39 is 0 Å². The Morgan fingerprint density at radius 2 is 2.13 bits per heavy atom. The molecule has 4 nitrogen and oxygen atoms in total. The summed E-state index contributed by atoms with van der Waals surface area (Å²) in [5.74, 6) is 1.54. The molecule has 1 saturated heterocycles. The molecule has 0 spiro atoms. The molecule has 3 atom stereocenters. The molecule has 3 rings (SSSR count). The minimum absolute atomic E-state index is 0.454. The lowest BCUT2D eigenvalue weighted by atomic mass is 10.1. The third kappa shape index (κ3) is 1.40. The Morgan fingerprint density at radius 3 is 2.73 bits per heavy atom. The van der Waals surface area contributed by atoms with Crippen molar-refractivity contribution in [2.24, 2.45) is 5.92 Å². The average molecular weight is 205 g/mol. The number of nitrogens with zero attached hydrogens (tertiary/aromatic N) is 3. The molecule has 2 heterocycles. The first-order chi connectivity index (χ1) is 7.38. The molecule has 1 aromatic heterocycles. The number of aromatic nitrogens is 2. The second-order valence-corrected chi connectivity index (χ2v) is 4.36. The number of anilines is 1. The van der Waals surface area contributed by atoms with Gasteiger partial charge in [-0.05, 0) is 18.9 Å². The molecular formula is C11H15N3O. The van der Waals surface area contributed by atoms with Crippen LogP contribution in [-0.4, -0.2) is 35.8 Å². The van der Waals surface area contributed by atoms with E-state index in [4.69, 9.17) is 4.74 Å². The topological polar surface area (TPSA) is 38.2 Å². The van der Waals surface area contributed by atoms with Gasteiger partial charge >= 0.3 is 0 Å². The monoisotopic (exact) mass is 205 g/mol. The SMILES string of the molecule is CO[C@@H]1C[C@H]2C[C@H]1CN2c1ncccn1. The highest BCUT2D eigenvalue weighted by Crippen LogP contribution is 2.40. The predicted octanol–water partition coefficient (Wildman–Crippen LogP) is 1.09. The molecule has 15 heavy (non-hydrogen) atoms. The molecule has 1 aliphatic carbocycles. The van der Waals surface area contributed by atoms with E-state index in [1.165, 1.54) is 6.42 Å². The van der Waals surface area contributed by atoms with Crippen LogP contribution in [0.1, 0.15) is 12.8 Å². The Bertz CT molecular complexity index is 343. The van der Waals surface area contributed by atoms with Crippen LogP contribution in [0.4, 0.5) is 5.95 Å². The summed E-state index contributed by atoms with van der Waals surface area (Å²) in [5.41, 5.74) is 0. The first kappa shape index (κ1) is 9.09. The number of ether oxygens (including phenoxy) is 1. The van der Waals surface area contributed by atoms with Crippen molar-refractivity contribution >= 4 is 5.95 Å². The van der Waals surface area contributed by atoms with Crippen molar-refractivity contribution in [3.8, 4) is 0 Å². The van der Waals surface area contributed by atoms with Crippen LogP contribution in [-0.2, 0) is 4.74 Å². The molecule has 1 aliphatic heterocycles. The quantitative estimate of drug-likeness (QED) is 0.724. The van der Waals surface area contributed by atoms with Gasteiger partial charge in [0, 0.05) is 38.0 Å². The summed E-state index contributed by atoms with van der Waals surface area (Å²) in [6, 6.07) is 2.44. The maximum absolute atomic E-state index is 5.46. The van der Waals surface area contributed by atoms with Gasteiger partial charge in [0.15, 0.2) is 0 Å². The van der Waals surface area contributed by atoms with Gasteiger partial charge in [-0.25, -0.2) is 9.97 Å². The van der Waals surface area contributed by atoms with E-state index in [9.17, 15) is 0 Å². The van der Waals surface area contributed by atoms with Gasteiger partial charge in [-0.1, -0.05) is 0 Å². The predicted molar refractivity (Wildman–Crippen MR) is 56.7 cm³/mol. The van der Waals surface area contributed by atoms with Crippen LogP contribution in [0.15, 0.2) is 18.5 Å². The van der Waals surface area contributed by atoms with Gasteiger partial charge in [-0.3, -0.25) is 0 Å². The third-order valence-corrected chi connectivity index (χ3v) is 3.59. The van der Waals surface area contributed by atoms with Crippen molar-refractivity contribution in [2.75, 3.05) is 18.6 Å². The lowest BCUT2D eigenvalue weighted by Gasteiger charge is -2.30. The zero-order chi connectivity index (χ0) is 10.3. The van der Waals surface area contributed by atoms with Gasteiger partial charge in [0.2, 0.25) is 5.95 Å². The van der Waals surface area contributed by atoms with Gasteiger partial charge < -0.3 is 9.64 Å². The molecule has 1 saturated carbocycles. The van der Waals surface area contributed by atoms with E-state index in [0.717, 1.165) is 18.9 Å². The maximum Gasteiger partial charge on any atom is 0.225 e. The fraction of sp³-hybridized carbons (Fsp3) is 0.636. The third-order valence-electron chi connectivity index (χ3n) is 3.59. The van der Waals surface area contributed by atoms with Gasteiger partial charge in [0.25, 0.3) is 0 Å². The van der Waals surface area contributed by atoms with Crippen LogP contribution in [0.5, 0.6) is 0 Å². The molecule has 4 heteroatoms. The Morgan fingerprint density at radius 1 is 1.33 bits per heavy atom. The Kier molecular flexibility index (Phi) is 2.09. The summed E-state index contributed by atoms with van der Waals surface area (Å²) in [7, 11) is 1.81. The standard InChI is InChI=1S/C11H15N3O/c1-15-10-6-9-5-8(10)7-14(9)11-12-3-2-4-13-11/h2-4,8-10H,5-7H2,1H3/t8-,9+,10+/m0/s1. The first-order valence-corrected chi connectivity index (χ1v) is 5.45. The summed E-state index contributed by atoms with van der Waals surface area (Å²) in [5, 5.41) is 0. The lowest BCUT2D eigenvalue weighted by molar-refractivity contribution is 0.0668. The molecule has 0 N–H and O–H groups in total. The molecule has 2 fully saturated rings. The zero-order valence-electron chi connectivity index (χ0n) is 8.84. The van der Waals surface area contributed by atoms with E-state index in [-0.39, 0.29) is 0 Å². The number of hydrogen-bond acceptors (Lipinski definition) is 4. The molecule has 0 unspecified atom stereocenters. The fourth-order valence-corrected chi connectivity index (χ4v) is 2.88. The number of methoxy groups -OCH3 is 1. The van der Waals surface area contributed by atoms with Crippen LogP contribution < -0.4 is 4.90 Å². The molecule has 1 aromatic rings. The summed E-state index contributed by atoms with van der Waals surface area (Å²) < 4.78 is 5.46. The number of hydrogen-bond donors (Lipinski definition) is 0. The highest BCUT2D eigenvalue weighted by molar-refractivity contribution is 5.35. The van der Waals surface area contributed by atoms with Crippen LogP contribution >= 0.6 is 0 Å². The van der Waals surface area contributed by atoms with E-state index >= 15 is 0 Å². The number of piperidine rings is 1. The van der Waals surface area contributed by atoms with Gasteiger partial charge in [-0.2, -0.15) is 0 Å². The largest absolute Gasteiger partial charge is 0.381 e. The van der Waals surface area contributed by atoms with E-state index in [1.807, 2.05) is 25.6 Å². The van der Waals surface area contributed by atoms with Crippen molar-refractivity contribution in [3.05, 3.63) is 18.5 Å². The van der Waals surface area contributed by atoms with Crippen molar-refractivity contribution in [3.63, 3.8) is 0 Å². The van der Waals surface area contributed by atoms with Crippen LogP contribution in [0.25, 0.3) is 0 Å². The second-order valence-electron chi connectivity index (χ2n) is 4.36. The molecular weight excluding hydrogens is 190 g/mol. The van der Waals surface area contributed by atoms with Gasteiger partial charge in [0.05, 0.1) is 6.10 Å². The van der Waals surface area contributed by atoms with Crippen LogP contribution in [0.2, 0.25) is 0 Å². The van der Waals surface area contributed by atoms with Crippen molar-refractivity contribution in [1.29, 1.82) is 0 Å². The lowest BCUT2D eigenvalue weighted by Crippen LogP contribution is -2.39. The maximum atomic E-state index is 5.46. The molecule has 2 bridgehead atoms. The van der Waals surface area contributed by atoms with Crippen LogP contribution in [0.3, 0.4) is 0 Å². The van der Waals surface area contributed by atoms with Crippen LogP contribution in [0, 0.1) is 5.92 Å².